The zero-order valence-corrected chi connectivity index (χ0v) is 17.0. The van der Waals surface area contributed by atoms with E-state index in [1.807, 2.05) is 24.3 Å². The number of sulfonamides is 1. The number of nitrogens with zero attached hydrogens (tertiary/aromatic N) is 2. The van der Waals surface area contributed by atoms with Crippen molar-refractivity contribution >= 4 is 31.7 Å². The van der Waals surface area contributed by atoms with Gasteiger partial charge in [-0.15, -0.1) is 0 Å². The van der Waals surface area contributed by atoms with Crippen molar-refractivity contribution in [2.75, 3.05) is 20.5 Å². The van der Waals surface area contributed by atoms with Crippen molar-refractivity contribution in [2.24, 2.45) is 5.10 Å². The number of ether oxygens (including phenoxy) is 2. The van der Waals surface area contributed by atoms with E-state index < -0.39 is 16.1 Å². The van der Waals surface area contributed by atoms with E-state index in [9.17, 15) is 8.42 Å². The molecule has 1 atom stereocenters. The highest BCUT2D eigenvalue weighted by atomic mass is 79.9. The molecule has 0 aromatic heterocycles. The Morgan fingerprint density at radius 3 is 2.38 bits per heavy atom. The molecule has 0 fully saturated rings. The summed E-state index contributed by atoms with van der Waals surface area (Å²) in [5.41, 5.74) is 2.30. The van der Waals surface area contributed by atoms with E-state index in [2.05, 4.69) is 21.0 Å². The van der Waals surface area contributed by atoms with Crippen LogP contribution in [-0.2, 0) is 10.0 Å². The molecule has 26 heavy (non-hydrogen) atoms. The van der Waals surface area contributed by atoms with E-state index in [4.69, 9.17) is 9.47 Å². The summed E-state index contributed by atoms with van der Waals surface area (Å²) in [4.78, 5) is 0. The summed E-state index contributed by atoms with van der Waals surface area (Å²) in [6.07, 6.45) is 1.60. The van der Waals surface area contributed by atoms with Crippen LogP contribution in [0, 0.1) is 0 Å². The number of hydrogen-bond acceptors (Lipinski definition) is 5. The van der Waals surface area contributed by atoms with Crippen LogP contribution in [0.4, 0.5) is 0 Å². The Labute approximate surface area is 161 Å². The Kier molecular flexibility index (Phi) is 5.24. The largest absolute Gasteiger partial charge is 0.497 e. The van der Waals surface area contributed by atoms with Crippen molar-refractivity contribution in [3.05, 3.63) is 58.1 Å². The fourth-order valence-corrected chi connectivity index (χ4v) is 4.10. The van der Waals surface area contributed by atoms with Crippen molar-refractivity contribution in [3.8, 4) is 11.5 Å². The topological polar surface area (TPSA) is 68.2 Å². The first-order valence-corrected chi connectivity index (χ1v) is 10.5. The summed E-state index contributed by atoms with van der Waals surface area (Å²) in [6.45, 7) is 0. The molecule has 0 N–H and O–H groups in total. The van der Waals surface area contributed by atoms with Crippen molar-refractivity contribution in [3.63, 3.8) is 0 Å². The molecule has 2 aromatic rings. The summed E-state index contributed by atoms with van der Waals surface area (Å²) < 4.78 is 37.5. The van der Waals surface area contributed by atoms with Gasteiger partial charge in [-0.05, 0) is 35.9 Å². The van der Waals surface area contributed by atoms with Gasteiger partial charge in [0.05, 0.1) is 32.2 Å². The molecular formula is C18H19BrN2O4S. The van der Waals surface area contributed by atoms with Crippen LogP contribution in [0.3, 0.4) is 0 Å². The van der Waals surface area contributed by atoms with Crippen LogP contribution in [0.15, 0.2) is 52.0 Å². The van der Waals surface area contributed by atoms with Crippen LogP contribution in [0.5, 0.6) is 11.5 Å². The first-order valence-electron chi connectivity index (χ1n) is 7.88. The maximum atomic E-state index is 12.3. The number of benzene rings is 2. The second-order valence-corrected chi connectivity index (χ2v) is 8.67. The average molecular weight is 439 g/mol. The second-order valence-electron chi connectivity index (χ2n) is 5.92. The lowest BCUT2D eigenvalue weighted by Crippen LogP contribution is -2.26. The van der Waals surface area contributed by atoms with Crippen molar-refractivity contribution in [1.82, 2.24) is 4.41 Å². The molecule has 3 rings (SSSR count). The molecule has 0 spiro atoms. The summed E-state index contributed by atoms with van der Waals surface area (Å²) in [5, 5.41) is 4.40. The number of hydrogen-bond donors (Lipinski definition) is 0. The van der Waals surface area contributed by atoms with Crippen molar-refractivity contribution in [2.45, 2.75) is 12.5 Å². The predicted molar refractivity (Wildman–Crippen MR) is 104 cm³/mol. The van der Waals surface area contributed by atoms with Gasteiger partial charge in [-0.3, -0.25) is 0 Å². The van der Waals surface area contributed by atoms with Crippen molar-refractivity contribution < 1.29 is 17.9 Å². The molecule has 8 heteroatoms. The molecule has 0 radical (unpaired) electrons. The highest BCUT2D eigenvalue weighted by Gasteiger charge is 2.36. The average Bonchev–Trinajstić information content (AvgIpc) is 3.07. The molecule has 1 heterocycles. The summed E-state index contributed by atoms with van der Waals surface area (Å²) in [7, 11) is -0.428. The van der Waals surface area contributed by atoms with Gasteiger partial charge < -0.3 is 9.47 Å². The Morgan fingerprint density at radius 2 is 1.81 bits per heavy atom. The van der Waals surface area contributed by atoms with E-state index in [1.165, 1.54) is 0 Å². The summed E-state index contributed by atoms with van der Waals surface area (Å²) >= 11 is 3.40. The highest BCUT2D eigenvalue weighted by molar-refractivity contribution is 9.10. The maximum absolute atomic E-state index is 12.3. The van der Waals surface area contributed by atoms with Gasteiger partial charge in [0.1, 0.15) is 11.5 Å². The monoisotopic (exact) mass is 438 g/mol. The normalized spacial score (nSPS) is 17.2. The number of methoxy groups -OCH3 is 2. The third kappa shape index (κ3) is 3.71. The summed E-state index contributed by atoms with van der Waals surface area (Å²) in [6, 6.07) is 12.5. The molecular weight excluding hydrogens is 420 g/mol. The molecule has 138 valence electrons. The third-order valence-electron chi connectivity index (χ3n) is 4.19. The number of halogens is 1. The first kappa shape index (κ1) is 18.7. The van der Waals surface area contributed by atoms with E-state index in [0.717, 1.165) is 20.7 Å². The van der Waals surface area contributed by atoms with Crippen LogP contribution >= 0.6 is 15.9 Å². The first-order chi connectivity index (χ1) is 12.3. The molecule has 6 nitrogen and oxygen atoms in total. The van der Waals surface area contributed by atoms with Crippen LogP contribution in [0.25, 0.3) is 0 Å². The van der Waals surface area contributed by atoms with Gasteiger partial charge in [0.2, 0.25) is 10.0 Å². The van der Waals surface area contributed by atoms with Crippen LogP contribution in [-0.4, -0.2) is 39.0 Å². The Bertz CT molecular complexity index is 942. The van der Waals surface area contributed by atoms with Gasteiger partial charge in [0.15, 0.2) is 0 Å². The minimum atomic E-state index is -3.55. The molecule has 1 aliphatic rings. The molecule has 0 aliphatic carbocycles. The Morgan fingerprint density at radius 1 is 1.12 bits per heavy atom. The van der Waals surface area contributed by atoms with Gasteiger partial charge in [-0.25, -0.2) is 8.42 Å². The minimum absolute atomic E-state index is 0.443. The number of rotatable bonds is 5. The molecule has 1 aliphatic heterocycles. The quantitative estimate of drug-likeness (QED) is 0.715. The number of hydrazone groups is 1. The van der Waals surface area contributed by atoms with E-state index >= 15 is 0 Å². The van der Waals surface area contributed by atoms with Crippen LogP contribution in [0.2, 0.25) is 0 Å². The zero-order valence-electron chi connectivity index (χ0n) is 14.6. The summed E-state index contributed by atoms with van der Waals surface area (Å²) in [5.74, 6) is 1.23. The van der Waals surface area contributed by atoms with E-state index in [0.29, 0.717) is 29.2 Å². The van der Waals surface area contributed by atoms with Gasteiger partial charge in [-0.2, -0.15) is 9.52 Å². The van der Waals surface area contributed by atoms with E-state index in [1.54, 1.807) is 32.4 Å². The second kappa shape index (κ2) is 7.28. The fourth-order valence-electron chi connectivity index (χ4n) is 2.94. The van der Waals surface area contributed by atoms with Crippen molar-refractivity contribution in [1.29, 1.82) is 0 Å². The van der Waals surface area contributed by atoms with E-state index in [-0.39, 0.29) is 0 Å². The van der Waals surface area contributed by atoms with Crippen LogP contribution in [0.1, 0.15) is 23.6 Å². The molecule has 0 amide bonds. The zero-order chi connectivity index (χ0) is 18.9. The van der Waals surface area contributed by atoms with Gasteiger partial charge in [0, 0.05) is 16.5 Å². The van der Waals surface area contributed by atoms with Crippen LogP contribution < -0.4 is 9.47 Å². The molecule has 0 bridgehead atoms. The van der Waals surface area contributed by atoms with Gasteiger partial charge in [-0.1, -0.05) is 28.1 Å². The maximum Gasteiger partial charge on any atom is 0.247 e. The lowest BCUT2D eigenvalue weighted by atomic mass is 9.98. The fraction of sp³-hybridized carbons (Fsp3) is 0.278. The Balaban J connectivity index is 2.06. The molecule has 0 saturated carbocycles. The lowest BCUT2D eigenvalue weighted by molar-refractivity contribution is 0.348. The predicted octanol–water partition coefficient (Wildman–Crippen LogP) is 3.58. The Hall–Kier alpha value is -2.06. The minimum Gasteiger partial charge on any atom is -0.497 e. The highest BCUT2D eigenvalue weighted by Crippen LogP contribution is 2.40. The smallest absolute Gasteiger partial charge is 0.247 e. The molecule has 1 unspecified atom stereocenters. The molecule has 0 saturated heterocycles. The standard InChI is InChI=1S/C18H19BrN2O4S/c1-24-14-8-9-18(25-2)15(10-14)17-11-16(20-21(17)26(3,22)23)12-4-6-13(19)7-5-12/h4-10,17H,11H2,1-3H3. The van der Waals surface area contributed by atoms with Gasteiger partial charge in [0.25, 0.3) is 0 Å². The van der Waals surface area contributed by atoms with Gasteiger partial charge >= 0.3 is 0 Å². The SMILES string of the molecule is COc1ccc(OC)c(C2CC(c3ccc(Br)cc3)=NN2S(C)(=O)=O)c1. The lowest BCUT2D eigenvalue weighted by Gasteiger charge is -2.23. The molecule has 2 aromatic carbocycles. The third-order valence-corrected chi connectivity index (χ3v) is 5.73.